The van der Waals surface area contributed by atoms with Gasteiger partial charge in [0.05, 0.1) is 5.69 Å². The Balaban J connectivity index is 1.33. The number of nitrogens with zero attached hydrogens (tertiary/aromatic N) is 1. The predicted molar refractivity (Wildman–Crippen MR) is 114 cm³/mol. The normalized spacial score (nSPS) is 13.1. The molecule has 0 aliphatic carbocycles. The molecule has 28 heavy (non-hydrogen) atoms. The number of amides is 2. The largest absolute Gasteiger partial charge is 0.356 e. The first-order valence-electron chi connectivity index (χ1n) is 9.31. The zero-order valence-electron chi connectivity index (χ0n) is 15.5. The van der Waals surface area contributed by atoms with Gasteiger partial charge in [0.25, 0.3) is 0 Å². The zero-order valence-corrected chi connectivity index (χ0v) is 17.2. The molecule has 2 amide bonds. The molecule has 0 saturated carbocycles. The summed E-state index contributed by atoms with van der Waals surface area (Å²) < 4.78 is 12.9. The molecule has 0 unspecified atom stereocenters. The fraction of sp³-hybridized carbons (Fsp3) is 0.333. The van der Waals surface area contributed by atoms with E-state index in [0.29, 0.717) is 13.1 Å². The van der Waals surface area contributed by atoms with Gasteiger partial charge in [-0.2, -0.15) is 0 Å². The lowest BCUT2D eigenvalue weighted by Gasteiger charge is -2.29. The molecule has 148 valence electrons. The lowest BCUT2D eigenvalue weighted by atomic mass is 10.2. The number of hydrogen-bond donors (Lipinski definition) is 1. The molecule has 0 aromatic heterocycles. The molecule has 2 aromatic carbocycles. The highest BCUT2D eigenvalue weighted by Crippen LogP contribution is 2.34. The number of rotatable bonds is 8. The van der Waals surface area contributed by atoms with Gasteiger partial charge < -0.3 is 10.2 Å². The van der Waals surface area contributed by atoms with Crippen molar-refractivity contribution in [3.63, 3.8) is 0 Å². The highest BCUT2D eigenvalue weighted by molar-refractivity contribution is 7.99. The summed E-state index contributed by atoms with van der Waals surface area (Å²) in [7, 11) is 0. The summed E-state index contributed by atoms with van der Waals surface area (Å²) in [6.45, 7) is 1.26. The molecule has 0 spiro atoms. The highest BCUT2D eigenvalue weighted by Gasteiger charge is 2.22. The first-order chi connectivity index (χ1) is 13.6. The Hall–Kier alpha value is -1.99. The average Bonchev–Trinajstić information content (AvgIpc) is 2.72. The molecule has 1 N–H and O–H groups in total. The summed E-state index contributed by atoms with van der Waals surface area (Å²) in [5.74, 6) is 1.38. The van der Waals surface area contributed by atoms with Gasteiger partial charge in [-0.3, -0.25) is 9.59 Å². The van der Waals surface area contributed by atoms with Crippen LogP contribution < -0.4 is 10.2 Å². The number of carbonyl (C=O) groups excluding carboxylic acids is 2. The lowest BCUT2D eigenvalue weighted by Crippen LogP contribution is -2.36. The van der Waals surface area contributed by atoms with Crippen LogP contribution in [0.15, 0.2) is 58.3 Å². The number of halogens is 1. The van der Waals surface area contributed by atoms with Gasteiger partial charge in [0.15, 0.2) is 0 Å². The van der Waals surface area contributed by atoms with E-state index in [9.17, 15) is 14.0 Å². The van der Waals surface area contributed by atoms with Crippen LogP contribution in [0.4, 0.5) is 10.1 Å². The van der Waals surface area contributed by atoms with Crippen molar-refractivity contribution < 1.29 is 14.0 Å². The minimum absolute atomic E-state index is 0.00485. The standard InChI is InChI=1S/C21H23FN2O2S2/c22-16-6-8-17(9-7-16)27-14-3-12-23-20(25)10-11-21(26)24-13-15-28-19-5-2-1-4-18(19)24/h1-2,4-9H,3,10-15H2,(H,23,25). The molecule has 0 saturated heterocycles. The molecule has 4 nitrogen and oxygen atoms in total. The Morgan fingerprint density at radius 3 is 2.71 bits per heavy atom. The molecule has 3 rings (SSSR count). The molecular weight excluding hydrogens is 395 g/mol. The summed E-state index contributed by atoms with van der Waals surface area (Å²) >= 11 is 3.39. The predicted octanol–water partition coefficient (Wildman–Crippen LogP) is 4.34. The van der Waals surface area contributed by atoms with Crippen molar-refractivity contribution in [1.29, 1.82) is 0 Å². The smallest absolute Gasteiger partial charge is 0.227 e. The summed E-state index contributed by atoms with van der Waals surface area (Å²) in [5.41, 5.74) is 0.946. The van der Waals surface area contributed by atoms with E-state index in [0.717, 1.165) is 33.4 Å². The van der Waals surface area contributed by atoms with E-state index in [1.54, 1.807) is 40.6 Å². The molecule has 7 heteroatoms. The Morgan fingerprint density at radius 2 is 1.89 bits per heavy atom. The Morgan fingerprint density at radius 1 is 1.11 bits per heavy atom. The van der Waals surface area contributed by atoms with E-state index in [-0.39, 0.29) is 30.5 Å². The van der Waals surface area contributed by atoms with E-state index in [1.807, 2.05) is 24.3 Å². The Kier molecular flexibility index (Phi) is 7.80. The number of hydrogen-bond acceptors (Lipinski definition) is 4. The maximum Gasteiger partial charge on any atom is 0.227 e. The second-order valence-electron chi connectivity index (χ2n) is 6.37. The molecular formula is C21H23FN2O2S2. The quantitative estimate of drug-likeness (QED) is 0.512. The van der Waals surface area contributed by atoms with Crippen LogP contribution in [0.3, 0.4) is 0 Å². The fourth-order valence-corrected chi connectivity index (χ4v) is 4.74. The van der Waals surface area contributed by atoms with Crippen LogP contribution in [0, 0.1) is 5.82 Å². The van der Waals surface area contributed by atoms with Crippen LogP contribution >= 0.6 is 23.5 Å². The molecule has 0 radical (unpaired) electrons. The van der Waals surface area contributed by atoms with Crippen molar-refractivity contribution in [3.8, 4) is 0 Å². The first kappa shape index (κ1) is 20.7. The van der Waals surface area contributed by atoms with Crippen LogP contribution in [0.25, 0.3) is 0 Å². The molecule has 1 aliphatic rings. The Bertz CT molecular complexity index is 814. The number of fused-ring (bicyclic) bond motifs is 1. The van der Waals surface area contributed by atoms with Crippen molar-refractivity contribution in [2.24, 2.45) is 0 Å². The summed E-state index contributed by atoms with van der Waals surface area (Å²) in [4.78, 5) is 28.5. The second-order valence-corrected chi connectivity index (χ2v) is 8.67. The van der Waals surface area contributed by atoms with Crippen molar-refractivity contribution >= 4 is 41.0 Å². The lowest BCUT2D eigenvalue weighted by molar-refractivity contribution is -0.125. The van der Waals surface area contributed by atoms with Crippen LogP contribution in [-0.2, 0) is 9.59 Å². The van der Waals surface area contributed by atoms with Gasteiger partial charge in [-0.05, 0) is 48.6 Å². The van der Waals surface area contributed by atoms with Gasteiger partial charge in [0.1, 0.15) is 5.82 Å². The molecule has 1 aliphatic heterocycles. The van der Waals surface area contributed by atoms with Crippen LogP contribution in [0.2, 0.25) is 0 Å². The van der Waals surface area contributed by atoms with E-state index >= 15 is 0 Å². The Labute approximate surface area is 173 Å². The van der Waals surface area contributed by atoms with Crippen LogP contribution in [0.5, 0.6) is 0 Å². The van der Waals surface area contributed by atoms with Crippen LogP contribution in [-0.4, -0.2) is 36.4 Å². The van der Waals surface area contributed by atoms with Gasteiger partial charge in [-0.15, -0.1) is 23.5 Å². The minimum atomic E-state index is -0.238. The molecule has 0 atom stereocenters. The first-order valence-corrected chi connectivity index (χ1v) is 11.3. The maximum absolute atomic E-state index is 12.9. The summed E-state index contributed by atoms with van der Waals surface area (Å²) in [6, 6.07) is 14.3. The number of thioether (sulfide) groups is 2. The van der Waals surface area contributed by atoms with Crippen molar-refractivity contribution in [1.82, 2.24) is 5.32 Å². The van der Waals surface area contributed by atoms with Gasteiger partial charge in [-0.25, -0.2) is 4.39 Å². The summed E-state index contributed by atoms with van der Waals surface area (Å²) in [5, 5.41) is 2.87. The molecule has 1 heterocycles. The third-order valence-electron chi connectivity index (χ3n) is 4.32. The summed E-state index contributed by atoms with van der Waals surface area (Å²) in [6.07, 6.45) is 1.24. The van der Waals surface area contributed by atoms with E-state index < -0.39 is 0 Å². The van der Waals surface area contributed by atoms with Crippen molar-refractivity contribution in [2.45, 2.75) is 29.1 Å². The third-order valence-corrected chi connectivity index (χ3v) is 6.46. The van der Waals surface area contributed by atoms with Gasteiger partial charge in [0.2, 0.25) is 11.8 Å². The second kappa shape index (κ2) is 10.5. The van der Waals surface area contributed by atoms with Gasteiger partial charge in [-0.1, -0.05) is 12.1 Å². The number of nitrogens with one attached hydrogen (secondary N) is 1. The monoisotopic (exact) mass is 418 g/mol. The fourth-order valence-electron chi connectivity index (χ4n) is 2.89. The number of benzene rings is 2. The molecule has 0 fully saturated rings. The van der Waals surface area contributed by atoms with E-state index in [4.69, 9.17) is 0 Å². The maximum atomic E-state index is 12.9. The van der Waals surface area contributed by atoms with Crippen molar-refractivity contribution in [2.75, 3.05) is 29.5 Å². The molecule has 2 aromatic rings. The number of para-hydroxylation sites is 1. The molecule has 0 bridgehead atoms. The van der Waals surface area contributed by atoms with Gasteiger partial charge >= 0.3 is 0 Å². The van der Waals surface area contributed by atoms with E-state index in [1.165, 1.54) is 12.1 Å². The van der Waals surface area contributed by atoms with E-state index in [2.05, 4.69) is 5.32 Å². The van der Waals surface area contributed by atoms with Crippen molar-refractivity contribution in [3.05, 3.63) is 54.3 Å². The number of anilines is 1. The average molecular weight is 419 g/mol. The topological polar surface area (TPSA) is 49.4 Å². The minimum Gasteiger partial charge on any atom is -0.356 e. The van der Waals surface area contributed by atoms with Gasteiger partial charge in [0, 0.05) is 41.5 Å². The zero-order chi connectivity index (χ0) is 19.8. The highest BCUT2D eigenvalue weighted by atomic mass is 32.2. The third kappa shape index (κ3) is 6.01. The number of carbonyl (C=O) groups is 2. The SMILES string of the molecule is O=C(CCC(=O)N1CCSc2ccccc21)NCCCSc1ccc(F)cc1. The van der Waals surface area contributed by atoms with Crippen LogP contribution in [0.1, 0.15) is 19.3 Å².